The molecule has 0 aliphatic heterocycles. The Morgan fingerprint density at radius 1 is 1.33 bits per heavy atom. The van der Waals surface area contributed by atoms with E-state index in [-0.39, 0.29) is 24.8 Å². The van der Waals surface area contributed by atoms with Crippen molar-refractivity contribution < 1.29 is 19.4 Å². The first-order chi connectivity index (χ1) is 9.73. The molecular formula is C16H23NO4. The minimum Gasteiger partial charge on any atom is -0.497 e. The monoisotopic (exact) mass is 293 g/mol. The van der Waals surface area contributed by atoms with Crippen LogP contribution in [0.4, 0.5) is 0 Å². The third-order valence-electron chi connectivity index (χ3n) is 3.24. The second-order valence-corrected chi connectivity index (χ2v) is 5.98. The fourth-order valence-electron chi connectivity index (χ4n) is 2.19. The van der Waals surface area contributed by atoms with Gasteiger partial charge in [-0.15, -0.1) is 0 Å². The van der Waals surface area contributed by atoms with Crippen molar-refractivity contribution in [2.24, 2.45) is 5.41 Å². The maximum atomic E-state index is 12.0. The van der Waals surface area contributed by atoms with Crippen molar-refractivity contribution in [1.82, 2.24) is 5.32 Å². The maximum Gasteiger partial charge on any atom is 0.303 e. The zero-order valence-electron chi connectivity index (χ0n) is 13.0. The van der Waals surface area contributed by atoms with Crippen LogP contribution < -0.4 is 10.1 Å². The lowest BCUT2D eigenvalue weighted by Crippen LogP contribution is -2.31. The van der Waals surface area contributed by atoms with E-state index in [2.05, 4.69) is 5.32 Å². The van der Waals surface area contributed by atoms with Gasteiger partial charge in [-0.2, -0.15) is 0 Å². The SMILES string of the molecule is COc1cccc(C(C)NC(=O)CC(C)(C)CC(=O)O)c1. The van der Waals surface area contributed by atoms with Crippen LogP contribution in [0, 0.1) is 5.41 Å². The van der Waals surface area contributed by atoms with Crippen LogP contribution in [0.15, 0.2) is 24.3 Å². The van der Waals surface area contributed by atoms with E-state index in [1.54, 1.807) is 21.0 Å². The molecule has 5 nitrogen and oxygen atoms in total. The summed E-state index contributed by atoms with van der Waals surface area (Å²) >= 11 is 0. The summed E-state index contributed by atoms with van der Waals surface area (Å²) in [5.74, 6) is -0.315. The van der Waals surface area contributed by atoms with Crippen LogP contribution in [-0.4, -0.2) is 24.1 Å². The number of benzene rings is 1. The number of carbonyl (C=O) groups excluding carboxylic acids is 1. The second kappa shape index (κ2) is 7.11. The lowest BCUT2D eigenvalue weighted by Gasteiger charge is -2.23. The molecule has 21 heavy (non-hydrogen) atoms. The summed E-state index contributed by atoms with van der Waals surface area (Å²) in [5, 5.41) is 11.7. The minimum atomic E-state index is -0.895. The molecule has 0 aliphatic carbocycles. The number of ether oxygens (including phenoxy) is 1. The molecule has 0 bridgehead atoms. The number of carboxylic acid groups (broad SMARTS) is 1. The third-order valence-corrected chi connectivity index (χ3v) is 3.24. The molecule has 116 valence electrons. The Hall–Kier alpha value is -2.04. The molecule has 1 aromatic rings. The second-order valence-electron chi connectivity index (χ2n) is 5.98. The summed E-state index contributed by atoms with van der Waals surface area (Å²) in [6.07, 6.45) is 0.140. The molecule has 1 atom stereocenters. The highest BCUT2D eigenvalue weighted by Crippen LogP contribution is 2.26. The van der Waals surface area contributed by atoms with Crippen molar-refractivity contribution in [3.05, 3.63) is 29.8 Å². The minimum absolute atomic E-state index is 0.0338. The number of carbonyl (C=O) groups is 2. The number of aliphatic carboxylic acids is 1. The van der Waals surface area contributed by atoms with Gasteiger partial charge in [-0.3, -0.25) is 9.59 Å². The van der Waals surface area contributed by atoms with Crippen LogP contribution in [0.25, 0.3) is 0 Å². The average Bonchev–Trinajstić information content (AvgIpc) is 2.36. The molecule has 5 heteroatoms. The van der Waals surface area contributed by atoms with E-state index in [0.717, 1.165) is 11.3 Å². The highest BCUT2D eigenvalue weighted by molar-refractivity contribution is 5.78. The Labute approximate surface area is 125 Å². The number of amides is 1. The predicted octanol–water partition coefficient (Wildman–Crippen LogP) is 2.76. The van der Waals surface area contributed by atoms with Crippen LogP contribution in [-0.2, 0) is 9.59 Å². The van der Waals surface area contributed by atoms with Crippen molar-refractivity contribution >= 4 is 11.9 Å². The van der Waals surface area contributed by atoms with Gasteiger partial charge in [0.25, 0.3) is 0 Å². The Balaban J connectivity index is 2.63. The van der Waals surface area contributed by atoms with Crippen LogP contribution >= 0.6 is 0 Å². The first-order valence-electron chi connectivity index (χ1n) is 6.88. The molecule has 0 aliphatic rings. The highest BCUT2D eigenvalue weighted by atomic mass is 16.5. The number of methoxy groups -OCH3 is 1. The molecule has 1 rings (SSSR count). The number of nitrogens with one attached hydrogen (secondary N) is 1. The van der Waals surface area contributed by atoms with E-state index in [4.69, 9.17) is 9.84 Å². The molecular weight excluding hydrogens is 270 g/mol. The Morgan fingerprint density at radius 2 is 2.00 bits per heavy atom. The molecule has 0 radical (unpaired) electrons. The van der Waals surface area contributed by atoms with E-state index in [9.17, 15) is 9.59 Å². The predicted molar refractivity (Wildman–Crippen MR) is 80.2 cm³/mol. The van der Waals surface area contributed by atoms with Crippen molar-refractivity contribution in [2.45, 2.75) is 39.7 Å². The van der Waals surface area contributed by atoms with Gasteiger partial charge in [0.15, 0.2) is 0 Å². The Morgan fingerprint density at radius 3 is 2.57 bits per heavy atom. The molecule has 0 saturated heterocycles. The fraction of sp³-hybridized carbons (Fsp3) is 0.500. The molecule has 0 heterocycles. The fourth-order valence-corrected chi connectivity index (χ4v) is 2.19. The van der Waals surface area contributed by atoms with Crippen molar-refractivity contribution in [2.75, 3.05) is 7.11 Å². The van der Waals surface area contributed by atoms with Crippen LogP contribution in [0.3, 0.4) is 0 Å². The molecule has 1 amide bonds. The topological polar surface area (TPSA) is 75.6 Å². The normalized spacial score (nSPS) is 12.6. The van der Waals surface area contributed by atoms with Gasteiger partial charge in [0.1, 0.15) is 5.75 Å². The summed E-state index contributed by atoms with van der Waals surface area (Å²) in [5.41, 5.74) is 0.378. The standard InChI is InChI=1S/C16H23NO4/c1-11(12-6-5-7-13(8-12)21-4)17-14(18)9-16(2,3)10-15(19)20/h5-8,11H,9-10H2,1-4H3,(H,17,18)(H,19,20). The summed E-state index contributed by atoms with van der Waals surface area (Å²) in [7, 11) is 1.59. The Bertz CT molecular complexity index is 511. The number of hydrogen-bond acceptors (Lipinski definition) is 3. The Kier molecular flexibility index (Phi) is 5.76. The van der Waals surface area contributed by atoms with Gasteiger partial charge >= 0.3 is 5.97 Å². The van der Waals surface area contributed by atoms with E-state index in [1.165, 1.54) is 0 Å². The van der Waals surface area contributed by atoms with Crippen molar-refractivity contribution in [3.8, 4) is 5.75 Å². The third kappa shape index (κ3) is 5.85. The van der Waals surface area contributed by atoms with Crippen molar-refractivity contribution in [3.63, 3.8) is 0 Å². The quantitative estimate of drug-likeness (QED) is 0.810. The van der Waals surface area contributed by atoms with Crippen molar-refractivity contribution in [1.29, 1.82) is 0 Å². The molecule has 1 unspecified atom stereocenters. The van der Waals surface area contributed by atoms with Gasteiger partial charge in [0.05, 0.1) is 19.6 Å². The number of hydrogen-bond donors (Lipinski definition) is 2. The van der Waals surface area contributed by atoms with Gasteiger partial charge in [-0.1, -0.05) is 26.0 Å². The molecule has 0 fully saturated rings. The van der Waals surface area contributed by atoms with Gasteiger partial charge < -0.3 is 15.2 Å². The van der Waals surface area contributed by atoms with E-state index >= 15 is 0 Å². The first-order valence-corrected chi connectivity index (χ1v) is 6.88. The molecule has 0 spiro atoms. The van der Waals surface area contributed by atoms with Gasteiger partial charge in [-0.25, -0.2) is 0 Å². The first kappa shape index (κ1) is 17.0. The number of rotatable bonds is 7. The number of carboxylic acids is 1. The molecule has 0 aromatic heterocycles. The highest BCUT2D eigenvalue weighted by Gasteiger charge is 2.25. The lowest BCUT2D eigenvalue weighted by molar-refractivity contribution is -0.139. The smallest absolute Gasteiger partial charge is 0.303 e. The lowest BCUT2D eigenvalue weighted by atomic mass is 9.85. The molecule has 1 aromatic carbocycles. The zero-order chi connectivity index (χ0) is 16.0. The summed E-state index contributed by atoms with van der Waals surface area (Å²) in [6, 6.07) is 7.33. The van der Waals surface area contributed by atoms with E-state index in [1.807, 2.05) is 31.2 Å². The van der Waals surface area contributed by atoms with Crippen LogP contribution in [0.2, 0.25) is 0 Å². The van der Waals surface area contributed by atoms with E-state index in [0.29, 0.717) is 0 Å². The average molecular weight is 293 g/mol. The van der Waals surface area contributed by atoms with Gasteiger partial charge in [0.2, 0.25) is 5.91 Å². The van der Waals surface area contributed by atoms with Gasteiger partial charge in [0, 0.05) is 6.42 Å². The van der Waals surface area contributed by atoms with E-state index < -0.39 is 11.4 Å². The summed E-state index contributed by atoms with van der Waals surface area (Å²) < 4.78 is 5.16. The largest absolute Gasteiger partial charge is 0.497 e. The zero-order valence-corrected chi connectivity index (χ0v) is 13.0. The van der Waals surface area contributed by atoms with Crippen LogP contribution in [0.5, 0.6) is 5.75 Å². The van der Waals surface area contributed by atoms with Crippen LogP contribution in [0.1, 0.15) is 45.2 Å². The maximum absolute atomic E-state index is 12.0. The molecule has 2 N–H and O–H groups in total. The summed E-state index contributed by atoms with van der Waals surface area (Å²) in [4.78, 5) is 22.8. The summed E-state index contributed by atoms with van der Waals surface area (Å²) in [6.45, 7) is 5.44. The molecule has 0 saturated carbocycles. The van der Waals surface area contributed by atoms with Gasteiger partial charge in [-0.05, 0) is 30.0 Å².